The summed E-state index contributed by atoms with van der Waals surface area (Å²) < 4.78 is 5.95. The molecule has 1 aromatic carbocycles. The van der Waals surface area contributed by atoms with Crippen LogP contribution in [0.2, 0.25) is 0 Å². The molecule has 0 bridgehead atoms. The molecule has 0 fully saturated rings. The number of para-hydroxylation sites is 1. The number of hydrogen-bond acceptors (Lipinski definition) is 2. The summed E-state index contributed by atoms with van der Waals surface area (Å²) in [7, 11) is 0. The van der Waals surface area contributed by atoms with Crippen LogP contribution in [0.3, 0.4) is 0 Å². The van der Waals surface area contributed by atoms with Crippen molar-refractivity contribution in [3.63, 3.8) is 0 Å². The van der Waals surface area contributed by atoms with Gasteiger partial charge in [-0.2, -0.15) is 0 Å². The zero-order valence-corrected chi connectivity index (χ0v) is 12.1. The van der Waals surface area contributed by atoms with Gasteiger partial charge < -0.3 is 4.74 Å². The maximum atomic E-state index is 5.95. The van der Waals surface area contributed by atoms with Crippen molar-refractivity contribution in [1.82, 2.24) is 4.98 Å². The fourth-order valence-electron chi connectivity index (χ4n) is 2.28. The highest BCUT2D eigenvalue weighted by Crippen LogP contribution is 2.37. The molecule has 1 aliphatic rings. The number of halogens is 1. The van der Waals surface area contributed by atoms with Gasteiger partial charge in [-0.1, -0.05) is 40.2 Å². The largest absolute Gasteiger partial charge is 0.438 e. The molecule has 0 saturated heterocycles. The molecule has 0 spiro atoms. The lowest BCUT2D eigenvalue weighted by Crippen LogP contribution is -1.91. The van der Waals surface area contributed by atoms with E-state index in [-0.39, 0.29) is 0 Å². The van der Waals surface area contributed by atoms with Crippen LogP contribution in [0.5, 0.6) is 11.6 Å². The third-order valence-corrected chi connectivity index (χ3v) is 3.63. The van der Waals surface area contributed by atoms with Gasteiger partial charge in [0, 0.05) is 23.5 Å². The van der Waals surface area contributed by atoms with E-state index < -0.39 is 0 Å². The second-order valence-corrected chi connectivity index (χ2v) is 5.24. The number of alkyl halides is 1. The van der Waals surface area contributed by atoms with Crippen molar-refractivity contribution < 1.29 is 4.74 Å². The van der Waals surface area contributed by atoms with Crippen molar-refractivity contribution in [3.05, 3.63) is 59.8 Å². The Balaban J connectivity index is 2.11. The van der Waals surface area contributed by atoms with Gasteiger partial charge in [0.05, 0.1) is 0 Å². The maximum Gasteiger partial charge on any atom is 0.226 e. The Bertz CT molecular complexity index is 622. The molecule has 0 radical (unpaired) electrons. The van der Waals surface area contributed by atoms with Crippen molar-refractivity contribution >= 4 is 21.5 Å². The van der Waals surface area contributed by atoms with Gasteiger partial charge in [-0.25, -0.2) is 4.98 Å². The van der Waals surface area contributed by atoms with Crippen LogP contribution in [-0.4, -0.2) is 10.3 Å². The molecule has 2 nitrogen and oxygen atoms in total. The second kappa shape index (κ2) is 5.57. The molecule has 0 atom stereocenters. The van der Waals surface area contributed by atoms with Gasteiger partial charge in [-0.3, -0.25) is 0 Å². The monoisotopic (exact) mass is 315 g/mol. The molecular formula is C16H14BrNO. The van der Waals surface area contributed by atoms with E-state index in [1.807, 2.05) is 24.3 Å². The molecule has 3 rings (SSSR count). The molecule has 2 aromatic rings. The number of pyridine rings is 1. The molecule has 1 aliphatic heterocycles. The van der Waals surface area contributed by atoms with Gasteiger partial charge in [0.1, 0.15) is 5.75 Å². The Morgan fingerprint density at radius 2 is 2.11 bits per heavy atom. The summed E-state index contributed by atoms with van der Waals surface area (Å²) in [5.41, 5.74) is 3.59. The second-order valence-electron chi connectivity index (χ2n) is 4.45. The van der Waals surface area contributed by atoms with Gasteiger partial charge in [0.15, 0.2) is 0 Å². The number of rotatable bonds is 2. The lowest BCUT2D eigenvalue weighted by atomic mass is 9.98. The Labute approximate surface area is 121 Å². The van der Waals surface area contributed by atoms with Crippen LogP contribution in [0, 0.1) is 0 Å². The van der Waals surface area contributed by atoms with Gasteiger partial charge >= 0.3 is 0 Å². The number of fused-ring (bicyclic) bond motifs is 2. The number of hydrogen-bond donors (Lipinski definition) is 0. The Hall–Kier alpha value is -1.61. The van der Waals surface area contributed by atoms with Gasteiger partial charge in [-0.05, 0) is 35.8 Å². The van der Waals surface area contributed by atoms with Gasteiger partial charge in [-0.15, -0.1) is 0 Å². The van der Waals surface area contributed by atoms with Crippen LogP contribution < -0.4 is 4.74 Å². The first kappa shape index (κ1) is 12.4. The molecule has 0 unspecified atom stereocenters. The van der Waals surface area contributed by atoms with Gasteiger partial charge in [0.2, 0.25) is 5.88 Å². The summed E-state index contributed by atoms with van der Waals surface area (Å²) in [5.74, 6) is 1.61. The van der Waals surface area contributed by atoms with Crippen molar-refractivity contribution in [2.24, 2.45) is 0 Å². The maximum absolute atomic E-state index is 5.95. The average Bonchev–Trinajstić information content (AvgIpc) is 2.61. The van der Waals surface area contributed by atoms with Crippen LogP contribution >= 0.6 is 15.9 Å². The highest BCUT2D eigenvalue weighted by Gasteiger charge is 2.18. The van der Waals surface area contributed by atoms with Crippen LogP contribution in [0.4, 0.5) is 0 Å². The molecule has 0 amide bonds. The Morgan fingerprint density at radius 3 is 3.00 bits per heavy atom. The summed E-state index contributed by atoms with van der Waals surface area (Å²) in [6, 6.07) is 12.2. The molecule has 0 aliphatic carbocycles. The third kappa shape index (κ3) is 2.56. The van der Waals surface area contributed by atoms with Crippen molar-refractivity contribution in [3.8, 4) is 11.6 Å². The molecule has 19 heavy (non-hydrogen) atoms. The minimum absolute atomic E-state index is 0.702. The highest BCUT2D eigenvalue weighted by atomic mass is 79.9. The van der Waals surface area contributed by atoms with E-state index in [1.165, 1.54) is 11.1 Å². The van der Waals surface area contributed by atoms with Crippen LogP contribution in [0.15, 0.2) is 48.7 Å². The normalized spacial score (nSPS) is 15.3. The molecule has 1 aromatic heterocycles. The number of allylic oxidation sites excluding steroid dienone is 2. The summed E-state index contributed by atoms with van der Waals surface area (Å²) in [5, 5.41) is 0.967. The quantitative estimate of drug-likeness (QED) is 0.756. The van der Waals surface area contributed by atoms with Gasteiger partial charge in [0.25, 0.3) is 0 Å². The number of aromatic nitrogens is 1. The first-order valence-corrected chi connectivity index (χ1v) is 7.47. The number of nitrogens with zero attached hydrogens (tertiary/aromatic N) is 1. The average molecular weight is 316 g/mol. The molecular weight excluding hydrogens is 302 g/mol. The van der Waals surface area contributed by atoms with E-state index in [2.05, 4.69) is 39.1 Å². The Kier molecular flexibility index (Phi) is 3.65. The van der Waals surface area contributed by atoms with E-state index in [4.69, 9.17) is 4.74 Å². The predicted molar refractivity (Wildman–Crippen MR) is 80.8 cm³/mol. The molecule has 2 heterocycles. The SMILES string of the molecule is BrCC/C=C1\Cc2ccccc2Oc2ncccc21. The summed E-state index contributed by atoms with van der Waals surface area (Å²) >= 11 is 3.48. The minimum atomic E-state index is 0.702. The van der Waals surface area contributed by atoms with Crippen molar-refractivity contribution in [2.45, 2.75) is 12.8 Å². The van der Waals surface area contributed by atoms with Crippen LogP contribution in [0.1, 0.15) is 17.5 Å². The first-order chi connectivity index (χ1) is 9.38. The third-order valence-electron chi connectivity index (χ3n) is 3.18. The molecule has 0 saturated carbocycles. The topological polar surface area (TPSA) is 22.1 Å². The van der Waals surface area contributed by atoms with Crippen LogP contribution in [-0.2, 0) is 6.42 Å². The number of ether oxygens (including phenoxy) is 1. The zero-order chi connectivity index (χ0) is 13.1. The lowest BCUT2D eigenvalue weighted by molar-refractivity contribution is 0.460. The van der Waals surface area contributed by atoms with E-state index >= 15 is 0 Å². The first-order valence-electron chi connectivity index (χ1n) is 6.34. The summed E-state index contributed by atoms with van der Waals surface area (Å²) in [6.07, 6.45) is 5.93. The molecule has 3 heteroatoms. The predicted octanol–water partition coefficient (Wildman–Crippen LogP) is 4.60. The lowest BCUT2D eigenvalue weighted by Gasteiger charge is -2.06. The zero-order valence-electron chi connectivity index (χ0n) is 10.5. The van der Waals surface area contributed by atoms with E-state index in [9.17, 15) is 0 Å². The van der Waals surface area contributed by atoms with Crippen molar-refractivity contribution in [2.75, 3.05) is 5.33 Å². The highest BCUT2D eigenvalue weighted by molar-refractivity contribution is 9.09. The van der Waals surface area contributed by atoms with E-state index in [0.29, 0.717) is 5.88 Å². The van der Waals surface area contributed by atoms with E-state index in [0.717, 1.165) is 29.5 Å². The fraction of sp³-hybridized carbons (Fsp3) is 0.188. The standard InChI is InChI=1S/C16H14BrNO/c17-9-3-6-12-11-13-5-1-2-8-15(13)19-16-14(12)7-4-10-18-16/h1-2,4-8,10H,3,9,11H2/b12-6+. The smallest absolute Gasteiger partial charge is 0.226 e. The minimum Gasteiger partial charge on any atom is -0.438 e. The van der Waals surface area contributed by atoms with Crippen LogP contribution in [0.25, 0.3) is 5.57 Å². The van der Waals surface area contributed by atoms with Crippen molar-refractivity contribution in [1.29, 1.82) is 0 Å². The van der Waals surface area contributed by atoms with E-state index in [1.54, 1.807) is 6.20 Å². The molecule has 0 N–H and O–H groups in total. The fourth-order valence-corrected chi connectivity index (χ4v) is 2.51. The Morgan fingerprint density at radius 1 is 1.21 bits per heavy atom. The summed E-state index contributed by atoms with van der Waals surface area (Å²) in [4.78, 5) is 4.36. The number of benzene rings is 1. The summed E-state index contributed by atoms with van der Waals surface area (Å²) in [6.45, 7) is 0. The molecule has 96 valence electrons.